The lowest BCUT2D eigenvalue weighted by Gasteiger charge is -2.17. The summed E-state index contributed by atoms with van der Waals surface area (Å²) in [6.07, 6.45) is 6.13. The van der Waals surface area contributed by atoms with Gasteiger partial charge in [0.1, 0.15) is 0 Å². The second-order valence-electron chi connectivity index (χ2n) is 6.83. The molecule has 0 aliphatic heterocycles. The SMILES string of the molecule is CN(Cc1ccc(-n2cccn2)cc1)C(=O)Cc1cn(C)c2ccccc12. The van der Waals surface area contributed by atoms with Crippen LogP contribution in [0.15, 0.2) is 73.2 Å². The Balaban J connectivity index is 1.44. The molecule has 0 aliphatic carbocycles. The van der Waals surface area contributed by atoms with Gasteiger partial charge in [-0.25, -0.2) is 4.68 Å². The van der Waals surface area contributed by atoms with E-state index in [0.29, 0.717) is 13.0 Å². The van der Waals surface area contributed by atoms with Gasteiger partial charge < -0.3 is 9.47 Å². The van der Waals surface area contributed by atoms with Crippen LogP contribution in [0.2, 0.25) is 0 Å². The van der Waals surface area contributed by atoms with Gasteiger partial charge in [0.15, 0.2) is 0 Å². The van der Waals surface area contributed by atoms with Gasteiger partial charge in [-0.1, -0.05) is 30.3 Å². The minimum atomic E-state index is 0.113. The molecule has 0 saturated heterocycles. The molecule has 2 aromatic carbocycles. The van der Waals surface area contributed by atoms with Gasteiger partial charge in [-0.3, -0.25) is 4.79 Å². The van der Waals surface area contributed by atoms with E-state index >= 15 is 0 Å². The zero-order chi connectivity index (χ0) is 18.8. The van der Waals surface area contributed by atoms with Crippen molar-refractivity contribution in [2.45, 2.75) is 13.0 Å². The fraction of sp³-hybridized carbons (Fsp3) is 0.182. The quantitative estimate of drug-likeness (QED) is 0.547. The Labute approximate surface area is 158 Å². The number of nitrogens with zero attached hydrogens (tertiary/aromatic N) is 4. The predicted molar refractivity (Wildman–Crippen MR) is 107 cm³/mol. The molecule has 136 valence electrons. The molecule has 0 bridgehead atoms. The number of rotatable bonds is 5. The summed E-state index contributed by atoms with van der Waals surface area (Å²) in [5, 5.41) is 5.37. The van der Waals surface area contributed by atoms with Crippen LogP contribution in [0.3, 0.4) is 0 Å². The van der Waals surface area contributed by atoms with Crippen molar-refractivity contribution >= 4 is 16.8 Å². The number of aryl methyl sites for hydroxylation is 1. The number of para-hydroxylation sites is 1. The van der Waals surface area contributed by atoms with Gasteiger partial charge in [-0.2, -0.15) is 5.10 Å². The molecule has 2 heterocycles. The summed E-state index contributed by atoms with van der Waals surface area (Å²) in [6.45, 7) is 0.586. The molecule has 5 nitrogen and oxygen atoms in total. The Morgan fingerprint density at radius 2 is 1.85 bits per heavy atom. The molecule has 4 aromatic rings. The third kappa shape index (κ3) is 3.49. The summed E-state index contributed by atoms with van der Waals surface area (Å²) in [4.78, 5) is 14.5. The van der Waals surface area contributed by atoms with Gasteiger partial charge in [0.05, 0.1) is 12.1 Å². The number of carbonyl (C=O) groups excluding carboxylic acids is 1. The van der Waals surface area contributed by atoms with E-state index in [9.17, 15) is 4.79 Å². The first-order chi connectivity index (χ1) is 13.1. The number of aromatic nitrogens is 3. The molecule has 0 unspecified atom stereocenters. The van der Waals surface area contributed by atoms with Crippen LogP contribution in [0.5, 0.6) is 0 Å². The second kappa shape index (κ2) is 7.11. The van der Waals surface area contributed by atoms with Crippen molar-refractivity contribution in [2.75, 3.05) is 7.05 Å². The lowest BCUT2D eigenvalue weighted by Crippen LogP contribution is -2.27. The van der Waals surface area contributed by atoms with E-state index in [4.69, 9.17) is 0 Å². The molecule has 27 heavy (non-hydrogen) atoms. The van der Waals surface area contributed by atoms with E-state index in [1.807, 2.05) is 67.4 Å². The minimum absolute atomic E-state index is 0.113. The highest BCUT2D eigenvalue weighted by Crippen LogP contribution is 2.21. The molecule has 0 saturated carbocycles. The first-order valence-corrected chi connectivity index (χ1v) is 8.97. The van der Waals surface area contributed by atoms with Crippen LogP contribution in [0.25, 0.3) is 16.6 Å². The van der Waals surface area contributed by atoms with Crippen molar-refractivity contribution in [1.82, 2.24) is 19.2 Å². The monoisotopic (exact) mass is 358 g/mol. The van der Waals surface area contributed by atoms with E-state index in [2.05, 4.69) is 28.0 Å². The Hall–Kier alpha value is -3.34. The fourth-order valence-corrected chi connectivity index (χ4v) is 3.40. The van der Waals surface area contributed by atoms with Gasteiger partial charge in [-0.05, 0) is 35.4 Å². The van der Waals surface area contributed by atoms with Crippen LogP contribution in [0.1, 0.15) is 11.1 Å². The molecule has 2 aromatic heterocycles. The van der Waals surface area contributed by atoms with Crippen molar-refractivity contribution in [3.8, 4) is 5.69 Å². The minimum Gasteiger partial charge on any atom is -0.350 e. The van der Waals surface area contributed by atoms with Crippen molar-refractivity contribution in [1.29, 1.82) is 0 Å². The number of carbonyl (C=O) groups is 1. The lowest BCUT2D eigenvalue weighted by atomic mass is 10.1. The number of amides is 1. The number of hydrogen-bond donors (Lipinski definition) is 0. The molecule has 1 amide bonds. The topological polar surface area (TPSA) is 43.1 Å². The highest BCUT2D eigenvalue weighted by atomic mass is 16.2. The van der Waals surface area contributed by atoms with Crippen LogP contribution in [-0.4, -0.2) is 32.2 Å². The molecule has 5 heteroatoms. The lowest BCUT2D eigenvalue weighted by molar-refractivity contribution is -0.129. The third-order valence-corrected chi connectivity index (χ3v) is 4.87. The van der Waals surface area contributed by atoms with Gasteiger partial charge in [-0.15, -0.1) is 0 Å². The van der Waals surface area contributed by atoms with Gasteiger partial charge in [0.25, 0.3) is 0 Å². The molecule has 0 N–H and O–H groups in total. The maximum absolute atomic E-state index is 12.7. The third-order valence-electron chi connectivity index (χ3n) is 4.87. The first-order valence-electron chi connectivity index (χ1n) is 8.97. The number of fused-ring (bicyclic) bond motifs is 1. The average molecular weight is 358 g/mol. The van der Waals surface area contributed by atoms with Gasteiger partial charge in [0.2, 0.25) is 5.91 Å². The first kappa shape index (κ1) is 17.1. The molecular weight excluding hydrogens is 336 g/mol. The summed E-state index contributed by atoms with van der Waals surface area (Å²) < 4.78 is 3.89. The van der Waals surface area contributed by atoms with Gasteiger partial charge >= 0.3 is 0 Å². The van der Waals surface area contributed by atoms with Crippen LogP contribution in [-0.2, 0) is 24.8 Å². The zero-order valence-electron chi connectivity index (χ0n) is 15.5. The molecule has 4 rings (SSSR count). The second-order valence-corrected chi connectivity index (χ2v) is 6.83. The van der Waals surface area contributed by atoms with Crippen molar-refractivity contribution in [3.05, 3.63) is 84.3 Å². The van der Waals surface area contributed by atoms with Gasteiger partial charge in [0, 0.05) is 50.1 Å². The molecule has 0 radical (unpaired) electrons. The van der Waals surface area contributed by atoms with E-state index in [1.54, 1.807) is 11.1 Å². The Kier molecular flexibility index (Phi) is 4.50. The average Bonchev–Trinajstić information content (AvgIpc) is 3.32. The standard InChI is InChI=1S/C22H22N4O/c1-24-16-18(20-6-3-4-7-21(20)24)14-22(27)25(2)15-17-8-10-19(11-9-17)26-13-5-12-23-26/h3-13,16H,14-15H2,1-2H3. The molecule has 0 aliphatic rings. The Bertz CT molecular complexity index is 1060. The maximum Gasteiger partial charge on any atom is 0.227 e. The largest absolute Gasteiger partial charge is 0.350 e. The van der Waals surface area contributed by atoms with E-state index in [-0.39, 0.29) is 5.91 Å². The van der Waals surface area contributed by atoms with Crippen LogP contribution in [0, 0.1) is 0 Å². The summed E-state index contributed by atoms with van der Waals surface area (Å²) in [7, 11) is 3.87. The summed E-state index contributed by atoms with van der Waals surface area (Å²) >= 11 is 0. The van der Waals surface area contributed by atoms with Crippen molar-refractivity contribution in [3.63, 3.8) is 0 Å². The van der Waals surface area contributed by atoms with E-state index in [0.717, 1.165) is 27.7 Å². The Morgan fingerprint density at radius 1 is 1.07 bits per heavy atom. The molecular formula is C22H22N4O. The van der Waals surface area contributed by atoms with Crippen molar-refractivity contribution < 1.29 is 4.79 Å². The Morgan fingerprint density at radius 3 is 2.59 bits per heavy atom. The smallest absolute Gasteiger partial charge is 0.227 e. The predicted octanol–water partition coefficient (Wildman–Crippen LogP) is 3.57. The fourth-order valence-electron chi connectivity index (χ4n) is 3.40. The van der Waals surface area contributed by atoms with Crippen molar-refractivity contribution in [2.24, 2.45) is 7.05 Å². The summed E-state index contributed by atoms with van der Waals surface area (Å²) in [5.74, 6) is 0.113. The van der Waals surface area contributed by atoms with Crippen LogP contribution >= 0.6 is 0 Å². The van der Waals surface area contributed by atoms with E-state index in [1.165, 1.54) is 0 Å². The number of hydrogen-bond acceptors (Lipinski definition) is 2. The number of benzene rings is 2. The highest BCUT2D eigenvalue weighted by Gasteiger charge is 2.14. The maximum atomic E-state index is 12.7. The zero-order valence-corrected chi connectivity index (χ0v) is 15.5. The highest BCUT2D eigenvalue weighted by molar-refractivity contribution is 5.89. The summed E-state index contributed by atoms with van der Waals surface area (Å²) in [5.41, 5.74) is 4.32. The molecule has 0 spiro atoms. The molecule has 0 atom stereocenters. The van der Waals surface area contributed by atoms with Crippen LogP contribution < -0.4 is 0 Å². The van der Waals surface area contributed by atoms with E-state index < -0.39 is 0 Å². The summed E-state index contributed by atoms with van der Waals surface area (Å²) in [6, 6.07) is 18.2. The van der Waals surface area contributed by atoms with Crippen LogP contribution in [0.4, 0.5) is 0 Å². The normalized spacial score (nSPS) is 11.0. The molecule has 0 fully saturated rings. The number of likely N-dealkylation sites (N-methyl/N-ethyl adjacent to an activating group) is 1.